The number of hydrogen-bond donors (Lipinski definition) is 0. The molecule has 0 bridgehead atoms. The van der Waals surface area contributed by atoms with Gasteiger partial charge >= 0.3 is 0 Å². The third kappa shape index (κ3) is 2.80. The molecule has 2 aromatic carbocycles. The largest absolute Gasteiger partial charge is 0.487 e. The molecule has 0 atom stereocenters. The quantitative estimate of drug-likeness (QED) is 0.773. The van der Waals surface area contributed by atoms with E-state index >= 15 is 0 Å². The van der Waals surface area contributed by atoms with Crippen LogP contribution in [0.25, 0.3) is 0 Å². The number of para-hydroxylation sites is 1. The molecular weight excluding hydrogens is 232 g/mol. The number of ether oxygens (including phenoxy) is 1. The van der Waals surface area contributed by atoms with Gasteiger partial charge in [-0.05, 0) is 42.7 Å². The molecule has 1 nitrogen and oxygen atoms in total. The van der Waals surface area contributed by atoms with Crippen LogP contribution in [0.2, 0.25) is 5.02 Å². The van der Waals surface area contributed by atoms with Crippen LogP contribution in [0.4, 0.5) is 0 Å². The van der Waals surface area contributed by atoms with Gasteiger partial charge in [-0.2, -0.15) is 0 Å². The highest BCUT2D eigenvalue weighted by atomic mass is 35.5. The van der Waals surface area contributed by atoms with E-state index < -0.39 is 0 Å². The van der Waals surface area contributed by atoms with Crippen molar-refractivity contribution < 1.29 is 4.74 Å². The number of hydrogen-bond acceptors (Lipinski definition) is 1. The first-order valence-electron chi connectivity index (χ1n) is 5.61. The van der Waals surface area contributed by atoms with E-state index in [1.807, 2.05) is 24.3 Å². The molecule has 0 aliphatic carbocycles. The Labute approximate surface area is 107 Å². The van der Waals surface area contributed by atoms with Gasteiger partial charge in [0.05, 0.1) is 5.02 Å². The molecule has 2 rings (SSSR count). The Morgan fingerprint density at radius 3 is 2.24 bits per heavy atom. The Kier molecular flexibility index (Phi) is 3.70. The summed E-state index contributed by atoms with van der Waals surface area (Å²) in [5, 5.41) is 0.652. The maximum absolute atomic E-state index is 6.05. The highest BCUT2D eigenvalue weighted by molar-refractivity contribution is 6.32. The van der Waals surface area contributed by atoms with Crippen LogP contribution in [0, 0.1) is 13.8 Å². The minimum absolute atomic E-state index is 0.558. The van der Waals surface area contributed by atoms with Crippen LogP contribution >= 0.6 is 11.6 Å². The lowest BCUT2D eigenvalue weighted by molar-refractivity contribution is 0.305. The van der Waals surface area contributed by atoms with E-state index in [0.29, 0.717) is 11.6 Å². The fourth-order valence-corrected chi connectivity index (χ4v) is 1.98. The second-order valence-electron chi connectivity index (χ2n) is 4.09. The van der Waals surface area contributed by atoms with Crippen LogP contribution in [0.15, 0.2) is 42.5 Å². The highest BCUT2D eigenvalue weighted by Gasteiger charge is 2.04. The molecule has 2 aromatic rings. The first kappa shape index (κ1) is 12.0. The van der Waals surface area contributed by atoms with Crippen molar-refractivity contribution in [3.63, 3.8) is 0 Å². The van der Waals surface area contributed by atoms with Crippen LogP contribution in [-0.2, 0) is 6.61 Å². The van der Waals surface area contributed by atoms with Crippen molar-refractivity contribution in [2.45, 2.75) is 20.5 Å². The average Bonchev–Trinajstić information content (AvgIpc) is 2.30. The SMILES string of the molecule is Cc1cccc(C)c1COc1ccccc1Cl. The van der Waals surface area contributed by atoms with Gasteiger partial charge in [0.25, 0.3) is 0 Å². The van der Waals surface area contributed by atoms with Crippen LogP contribution in [0.3, 0.4) is 0 Å². The van der Waals surface area contributed by atoms with Crippen LogP contribution < -0.4 is 4.74 Å². The molecule has 0 saturated carbocycles. The van der Waals surface area contributed by atoms with Gasteiger partial charge in [0.15, 0.2) is 0 Å². The zero-order valence-corrected chi connectivity index (χ0v) is 10.8. The predicted octanol–water partition coefficient (Wildman–Crippen LogP) is 4.54. The van der Waals surface area contributed by atoms with E-state index in [1.165, 1.54) is 16.7 Å². The summed E-state index contributed by atoms with van der Waals surface area (Å²) in [5.41, 5.74) is 3.72. The summed E-state index contributed by atoms with van der Waals surface area (Å²) >= 11 is 6.05. The van der Waals surface area contributed by atoms with Crippen molar-refractivity contribution in [1.82, 2.24) is 0 Å². The fourth-order valence-electron chi connectivity index (χ4n) is 1.79. The number of benzene rings is 2. The standard InChI is InChI=1S/C15H15ClO/c1-11-6-5-7-12(2)13(11)10-17-15-9-4-3-8-14(15)16/h3-9H,10H2,1-2H3. The lowest BCUT2D eigenvalue weighted by Gasteiger charge is -2.12. The molecule has 0 radical (unpaired) electrons. The fraction of sp³-hybridized carbons (Fsp3) is 0.200. The van der Waals surface area contributed by atoms with Crippen molar-refractivity contribution in [3.8, 4) is 5.75 Å². The van der Waals surface area contributed by atoms with Crippen molar-refractivity contribution in [1.29, 1.82) is 0 Å². The lowest BCUT2D eigenvalue weighted by atomic mass is 10.0. The Morgan fingerprint density at radius 1 is 0.941 bits per heavy atom. The van der Waals surface area contributed by atoms with Gasteiger partial charge in [-0.3, -0.25) is 0 Å². The summed E-state index contributed by atoms with van der Waals surface area (Å²) in [6, 6.07) is 13.8. The smallest absolute Gasteiger partial charge is 0.138 e. The van der Waals surface area contributed by atoms with E-state index in [9.17, 15) is 0 Å². The van der Waals surface area contributed by atoms with Gasteiger partial charge in [-0.1, -0.05) is 41.9 Å². The van der Waals surface area contributed by atoms with E-state index in [1.54, 1.807) is 0 Å². The average molecular weight is 247 g/mol. The molecule has 0 aliphatic rings. The second kappa shape index (κ2) is 5.24. The number of halogens is 1. The summed E-state index contributed by atoms with van der Waals surface area (Å²) in [5.74, 6) is 0.733. The van der Waals surface area contributed by atoms with Gasteiger partial charge in [-0.25, -0.2) is 0 Å². The minimum Gasteiger partial charge on any atom is -0.487 e. The Bertz CT molecular complexity index is 500. The van der Waals surface area contributed by atoms with Gasteiger partial charge in [0, 0.05) is 0 Å². The predicted molar refractivity (Wildman–Crippen MR) is 71.7 cm³/mol. The monoisotopic (exact) mass is 246 g/mol. The first-order valence-corrected chi connectivity index (χ1v) is 5.98. The highest BCUT2D eigenvalue weighted by Crippen LogP contribution is 2.25. The third-order valence-corrected chi connectivity index (χ3v) is 3.17. The molecule has 2 heteroatoms. The maximum atomic E-state index is 6.05. The summed E-state index contributed by atoms with van der Waals surface area (Å²) in [6.45, 7) is 4.75. The molecular formula is C15H15ClO. The normalized spacial score (nSPS) is 10.3. The summed E-state index contributed by atoms with van der Waals surface area (Å²) in [6.07, 6.45) is 0. The molecule has 88 valence electrons. The molecule has 17 heavy (non-hydrogen) atoms. The van der Waals surface area contributed by atoms with E-state index in [2.05, 4.69) is 32.0 Å². The summed E-state index contributed by atoms with van der Waals surface area (Å²) in [7, 11) is 0. The van der Waals surface area contributed by atoms with Gasteiger partial charge in [-0.15, -0.1) is 0 Å². The molecule has 0 spiro atoms. The molecule has 0 unspecified atom stereocenters. The number of rotatable bonds is 3. The zero-order valence-electron chi connectivity index (χ0n) is 10.0. The van der Waals surface area contributed by atoms with Crippen LogP contribution in [0.1, 0.15) is 16.7 Å². The Balaban J connectivity index is 2.16. The molecule has 0 aliphatic heterocycles. The first-order chi connectivity index (χ1) is 8.18. The number of aryl methyl sites for hydroxylation is 2. The van der Waals surface area contributed by atoms with E-state index in [-0.39, 0.29) is 0 Å². The summed E-state index contributed by atoms with van der Waals surface area (Å²) < 4.78 is 5.75. The zero-order chi connectivity index (χ0) is 12.3. The Hall–Kier alpha value is -1.47. The van der Waals surface area contributed by atoms with Crippen LogP contribution in [0.5, 0.6) is 5.75 Å². The topological polar surface area (TPSA) is 9.23 Å². The minimum atomic E-state index is 0.558. The third-order valence-electron chi connectivity index (χ3n) is 2.85. The van der Waals surface area contributed by atoms with Crippen LogP contribution in [-0.4, -0.2) is 0 Å². The van der Waals surface area contributed by atoms with Crippen molar-refractivity contribution in [2.75, 3.05) is 0 Å². The summed E-state index contributed by atoms with van der Waals surface area (Å²) in [4.78, 5) is 0. The molecule has 0 aromatic heterocycles. The van der Waals surface area contributed by atoms with Crippen molar-refractivity contribution in [3.05, 3.63) is 64.2 Å². The van der Waals surface area contributed by atoms with Gasteiger partial charge in [0.1, 0.15) is 12.4 Å². The van der Waals surface area contributed by atoms with E-state index in [0.717, 1.165) is 5.75 Å². The molecule has 0 fully saturated rings. The second-order valence-corrected chi connectivity index (χ2v) is 4.50. The maximum Gasteiger partial charge on any atom is 0.138 e. The van der Waals surface area contributed by atoms with Crippen molar-refractivity contribution >= 4 is 11.6 Å². The molecule has 0 N–H and O–H groups in total. The molecule has 0 heterocycles. The molecule has 0 saturated heterocycles. The molecule has 0 amide bonds. The lowest BCUT2D eigenvalue weighted by Crippen LogP contribution is -2.00. The van der Waals surface area contributed by atoms with Gasteiger partial charge in [0.2, 0.25) is 0 Å². The van der Waals surface area contributed by atoms with E-state index in [4.69, 9.17) is 16.3 Å². The van der Waals surface area contributed by atoms with Gasteiger partial charge < -0.3 is 4.74 Å². The van der Waals surface area contributed by atoms with Crippen molar-refractivity contribution in [2.24, 2.45) is 0 Å². The Morgan fingerprint density at radius 2 is 1.59 bits per heavy atom.